The van der Waals surface area contributed by atoms with E-state index in [4.69, 9.17) is 0 Å². The highest BCUT2D eigenvalue weighted by Crippen LogP contribution is 2.18. The van der Waals surface area contributed by atoms with Gasteiger partial charge < -0.3 is 9.80 Å². The van der Waals surface area contributed by atoms with Crippen LogP contribution in [0.5, 0.6) is 0 Å². The number of hydrogen-bond acceptors (Lipinski definition) is 5. The molecule has 0 saturated carbocycles. The van der Waals surface area contributed by atoms with Crippen molar-refractivity contribution in [2.45, 2.75) is 19.4 Å². The van der Waals surface area contributed by atoms with Crippen molar-refractivity contribution in [2.75, 3.05) is 31.1 Å². The van der Waals surface area contributed by atoms with Crippen molar-refractivity contribution in [1.82, 2.24) is 29.3 Å². The average molecular weight is 339 g/mol. The van der Waals surface area contributed by atoms with Crippen molar-refractivity contribution in [3.8, 4) is 0 Å². The van der Waals surface area contributed by atoms with Gasteiger partial charge in [0, 0.05) is 51.0 Å². The van der Waals surface area contributed by atoms with Gasteiger partial charge in [0.05, 0.1) is 0 Å². The number of carbonyl (C=O) groups excluding carboxylic acids is 1. The first kappa shape index (κ1) is 15.6. The molecule has 0 spiro atoms. The van der Waals surface area contributed by atoms with Crippen LogP contribution in [0.2, 0.25) is 0 Å². The Morgan fingerprint density at radius 2 is 2.00 bits per heavy atom. The van der Waals surface area contributed by atoms with E-state index in [9.17, 15) is 4.79 Å². The third kappa shape index (κ3) is 2.95. The maximum Gasteiger partial charge on any atom is 0.247 e. The fraction of sp³-hybridized carbons (Fsp3) is 0.412. The molecule has 0 aromatic carbocycles. The Morgan fingerprint density at radius 3 is 2.72 bits per heavy atom. The Bertz CT molecular complexity index is 849. The molecule has 3 aromatic heterocycles. The molecule has 1 amide bonds. The van der Waals surface area contributed by atoms with Crippen molar-refractivity contribution >= 4 is 17.4 Å². The van der Waals surface area contributed by atoms with Gasteiger partial charge in [-0.05, 0) is 24.6 Å². The van der Waals surface area contributed by atoms with Gasteiger partial charge in [-0.3, -0.25) is 9.48 Å². The van der Waals surface area contributed by atoms with Gasteiger partial charge in [0.25, 0.3) is 0 Å². The second kappa shape index (κ2) is 6.54. The van der Waals surface area contributed by atoms with Crippen LogP contribution in [0.1, 0.15) is 19.4 Å². The van der Waals surface area contributed by atoms with Gasteiger partial charge in [-0.1, -0.05) is 6.92 Å². The number of hydrogen-bond donors (Lipinski definition) is 0. The molecule has 1 fully saturated rings. The summed E-state index contributed by atoms with van der Waals surface area (Å²) in [6.45, 7) is 4.95. The maximum atomic E-state index is 12.8. The summed E-state index contributed by atoms with van der Waals surface area (Å²) in [6, 6.07) is 5.58. The van der Waals surface area contributed by atoms with Gasteiger partial charge >= 0.3 is 0 Å². The average Bonchev–Trinajstić information content (AvgIpc) is 3.33. The summed E-state index contributed by atoms with van der Waals surface area (Å²) in [4.78, 5) is 21.2. The molecule has 0 aliphatic carbocycles. The quantitative estimate of drug-likeness (QED) is 0.715. The number of fused-ring (bicyclic) bond motifs is 1. The Morgan fingerprint density at radius 1 is 1.16 bits per heavy atom. The number of amides is 1. The second-order valence-electron chi connectivity index (χ2n) is 6.14. The predicted octanol–water partition coefficient (Wildman–Crippen LogP) is 1.23. The number of carbonyl (C=O) groups is 1. The lowest BCUT2D eigenvalue weighted by atomic mass is 10.2. The van der Waals surface area contributed by atoms with Crippen LogP contribution in [0.3, 0.4) is 0 Å². The van der Waals surface area contributed by atoms with Crippen molar-refractivity contribution in [2.24, 2.45) is 0 Å². The molecule has 8 heteroatoms. The molecular formula is C17H21N7O. The van der Waals surface area contributed by atoms with E-state index in [2.05, 4.69) is 20.1 Å². The molecular weight excluding hydrogens is 318 g/mol. The van der Waals surface area contributed by atoms with E-state index in [1.807, 2.05) is 42.4 Å². The molecule has 0 bridgehead atoms. The van der Waals surface area contributed by atoms with Crippen LogP contribution in [0, 0.1) is 0 Å². The number of anilines is 1. The minimum Gasteiger partial charge on any atom is -0.352 e. The molecule has 3 aromatic rings. The van der Waals surface area contributed by atoms with E-state index >= 15 is 0 Å². The third-order valence-electron chi connectivity index (χ3n) is 4.67. The van der Waals surface area contributed by atoms with E-state index in [0.717, 1.165) is 31.0 Å². The van der Waals surface area contributed by atoms with Crippen LogP contribution < -0.4 is 4.90 Å². The zero-order chi connectivity index (χ0) is 17.2. The monoisotopic (exact) mass is 339 g/mol. The molecule has 8 nitrogen and oxygen atoms in total. The zero-order valence-electron chi connectivity index (χ0n) is 14.2. The summed E-state index contributed by atoms with van der Waals surface area (Å²) in [6.07, 6.45) is 7.88. The molecule has 4 rings (SSSR count). The molecule has 1 aliphatic rings. The lowest BCUT2D eigenvalue weighted by Crippen LogP contribution is -2.51. The summed E-state index contributed by atoms with van der Waals surface area (Å²) in [5, 5.41) is 8.81. The van der Waals surface area contributed by atoms with Crippen LogP contribution in [0.15, 0.2) is 43.0 Å². The second-order valence-corrected chi connectivity index (χ2v) is 6.14. The van der Waals surface area contributed by atoms with Crippen molar-refractivity contribution in [3.63, 3.8) is 0 Å². The van der Waals surface area contributed by atoms with Crippen molar-refractivity contribution in [3.05, 3.63) is 43.0 Å². The minimum absolute atomic E-state index is 0.142. The van der Waals surface area contributed by atoms with Gasteiger partial charge in [-0.25, -0.2) is 9.50 Å². The van der Waals surface area contributed by atoms with E-state index in [0.29, 0.717) is 13.1 Å². The van der Waals surface area contributed by atoms with Gasteiger partial charge in [0.2, 0.25) is 5.91 Å². The smallest absolute Gasteiger partial charge is 0.247 e. The molecule has 0 radical (unpaired) electrons. The summed E-state index contributed by atoms with van der Waals surface area (Å²) >= 11 is 0. The normalized spacial score (nSPS) is 16.4. The molecule has 4 heterocycles. The molecule has 1 aliphatic heterocycles. The van der Waals surface area contributed by atoms with Gasteiger partial charge in [-0.15, -0.1) is 5.10 Å². The van der Waals surface area contributed by atoms with E-state index in [1.165, 1.54) is 0 Å². The lowest BCUT2D eigenvalue weighted by Gasteiger charge is -2.36. The first-order valence-corrected chi connectivity index (χ1v) is 8.59. The highest BCUT2D eigenvalue weighted by atomic mass is 16.2. The van der Waals surface area contributed by atoms with Crippen LogP contribution in [-0.2, 0) is 4.79 Å². The summed E-state index contributed by atoms with van der Waals surface area (Å²) in [7, 11) is 0. The highest BCUT2D eigenvalue weighted by Gasteiger charge is 2.28. The fourth-order valence-electron chi connectivity index (χ4n) is 3.28. The molecule has 130 valence electrons. The predicted molar refractivity (Wildman–Crippen MR) is 93.3 cm³/mol. The van der Waals surface area contributed by atoms with E-state index in [1.54, 1.807) is 21.6 Å². The van der Waals surface area contributed by atoms with Gasteiger partial charge in [0.15, 0.2) is 5.65 Å². The summed E-state index contributed by atoms with van der Waals surface area (Å²) in [5.74, 6) is 1.06. The van der Waals surface area contributed by atoms with E-state index < -0.39 is 0 Å². The number of rotatable bonds is 4. The first-order valence-electron chi connectivity index (χ1n) is 8.59. The van der Waals surface area contributed by atoms with Crippen LogP contribution in [0.4, 0.5) is 5.82 Å². The van der Waals surface area contributed by atoms with Crippen molar-refractivity contribution in [1.29, 1.82) is 0 Å². The number of piperazine rings is 1. The lowest BCUT2D eigenvalue weighted by molar-refractivity contribution is -0.135. The Hall–Kier alpha value is -2.90. The minimum atomic E-state index is -0.220. The SMILES string of the molecule is CCC(C(=O)N1CCN(c2ccc3nccn3n2)CC1)n1cccn1. The Labute approximate surface area is 145 Å². The molecule has 0 N–H and O–H groups in total. The number of aromatic nitrogens is 5. The van der Waals surface area contributed by atoms with Gasteiger partial charge in [0.1, 0.15) is 11.9 Å². The molecule has 25 heavy (non-hydrogen) atoms. The Balaban J connectivity index is 1.43. The third-order valence-corrected chi connectivity index (χ3v) is 4.67. The highest BCUT2D eigenvalue weighted by molar-refractivity contribution is 5.80. The summed E-state index contributed by atoms with van der Waals surface area (Å²) in [5.41, 5.74) is 0.836. The van der Waals surface area contributed by atoms with Crippen LogP contribution in [0.25, 0.3) is 5.65 Å². The topological polar surface area (TPSA) is 71.6 Å². The molecule has 1 unspecified atom stereocenters. The fourth-order valence-corrected chi connectivity index (χ4v) is 3.28. The largest absolute Gasteiger partial charge is 0.352 e. The molecule has 1 saturated heterocycles. The van der Waals surface area contributed by atoms with Gasteiger partial charge in [-0.2, -0.15) is 5.10 Å². The van der Waals surface area contributed by atoms with Crippen LogP contribution >= 0.6 is 0 Å². The number of imidazole rings is 1. The number of nitrogens with zero attached hydrogens (tertiary/aromatic N) is 7. The standard InChI is InChI=1S/C17H21N7O/c1-2-14(23-8-3-6-19-23)17(25)22-12-10-21(11-13-22)16-5-4-15-18-7-9-24(15)20-16/h3-9,14H,2,10-13H2,1H3. The van der Waals surface area contributed by atoms with Crippen molar-refractivity contribution < 1.29 is 4.79 Å². The maximum absolute atomic E-state index is 12.8. The molecule has 1 atom stereocenters. The Kier molecular flexibility index (Phi) is 4.09. The van der Waals surface area contributed by atoms with E-state index in [-0.39, 0.29) is 11.9 Å². The first-order chi connectivity index (χ1) is 12.3. The summed E-state index contributed by atoms with van der Waals surface area (Å²) < 4.78 is 3.53. The zero-order valence-corrected chi connectivity index (χ0v) is 14.2. The van der Waals surface area contributed by atoms with Crippen LogP contribution in [-0.4, -0.2) is 61.4 Å².